The molecule has 39 heavy (non-hydrogen) atoms. The average Bonchev–Trinajstić information content (AvgIpc) is 3.62. The van der Waals surface area contributed by atoms with Crippen LogP contribution in [0.4, 0.5) is 9.59 Å². The van der Waals surface area contributed by atoms with Gasteiger partial charge in [0.25, 0.3) is 17.7 Å². The molecule has 3 aromatic rings. The molecule has 0 aliphatic carbocycles. The highest BCUT2D eigenvalue weighted by molar-refractivity contribution is 6.09. The summed E-state index contributed by atoms with van der Waals surface area (Å²) in [6.45, 7) is 5.27. The number of imide groups is 2. The van der Waals surface area contributed by atoms with Gasteiger partial charge in [-0.05, 0) is 30.7 Å². The van der Waals surface area contributed by atoms with Crippen molar-refractivity contribution in [2.45, 2.75) is 24.5 Å². The molecule has 2 aromatic heterocycles. The van der Waals surface area contributed by atoms with Crippen LogP contribution in [0.25, 0.3) is 17.2 Å². The predicted octanol–water partition coefficient (Wildman–Crippen LogP) is 1.22. The van der Waals surface area contributed by atoms with Crippen molar-refractivity contribution in [2.75, 3.05) is 13.7 Å². The SMILES string of the molecule is C=Cc1c(OC)ccc2c1C(=O)N(CC1(c3cc4cc(C5(C)NC(=O)NC5=O)cnc4o3)NC(=O)NC1=O)C2. The molecule has 6 rings (SSSR count). The summed E-state index contributed by atoms with van der Waals surface area (Å²) < 4.78 is 11.3. The van der Waals surface area contributed by atoms with Gasteiger partial charge in [-0.25, -0.2) is 14.6 Å². The molecule has 198 valence electrons. The molecular weight excluding hydrogens is 508 g/mol. The van der Waals surface area contributed by atoms with Crippen LogP contribution in [0.15, 0.2) is 41.5 Å². The number of fused-ring (bicyclic) bond motifs is 2. The molecule has 3 aliphatic rings. The van der Waals surface area contributed by atoms with Crippen LogP contribution < -0.4 is 26.0 Å². The first kappa shape index (κ1) is 24.2. The Kier molecular flexibility index (Phi) is 5.05. The highest BCUT2D eigenvalue weighted by Crippen LogP contribution is 2.37. The van der Waals surface area contributed by atoms with E-state index >= 15 is 0 Å². The van der Waals surface area contributed by atoms with Gasteiger partial charge in [-0.1, -0.05) is 18.7 Å². The van der Waals surface area contributed by atoms with Crippen LogP contribution in [0.5, 0.6) is 5.75 Å². The molecule has 4 N–H and O–H groups in total. The molecule has 2 saturated heterocycles. The van der Waals surface area contributed by atoms with Gasteiger partial charge in [-0.15, -0.1) is 0 Å². The number of amides is 7. The first-order valence-electron chi connectivity index (χ1n) is 11.9. The number of carbonyl (C=O) groups excluding carboxylic acids is 5. The quantitative estimate of drug-likeness (QED) is 0.345. The molecular formula is C26H22N6O7. The topological polar surface area (TPSA) is 172 Å². The van der Waals surface area contributed by atoms with Gasteiger partial charge in [-0.2, -0.15) is 0 Å². The van der Waals surface area contributed by atoms with Crippen LogP contribution in [0.3, 0.4) is 0 Å². The van der Waals surface area contributed by atoms with Crippen molar-refractivity contribution in [1.29, 1.82) is 0 Å². The van der Waals surface area contributed by atoms with E-state index in [4.69, 9.17) is 9.15 Å². The monoisotopic (exact) mass is 530 g/mol. The molecule has 0 spiro atoms. The first-order chi connectivity index (χ1) is 18.6. The van der Waals surface area contributed by atoms with Gasteiger partial charge in [0.1, 0.15) is 17.0 Å². The summed E-state index contributed by atoms with van der Waals surface area (Å²) >= 11 is 0. The molecule has 5 heterocycles. The third-order valence-corrected chi connectivity index (χ3v) is 7.36. The highest BCUT2D eigenvalue weighted by Gasteiger charge is 2.53. The lowest BCUT2D eigenvalue weighted by molar-refractivity contribution is -0.125. The molecule has 2 unspecified atom stereocenters. The van der Waals surface area contributed by atoms with E-state index in [2.05, 4.69) is 32.8 Å². The zero-order chi connectivity index (χ0) is 27.7. The summed E-state index contributed by atoms with van der Waals surface area (Å²) in [4.78, 5) is 68.9. The number of furan rings is 1. The number of aromatic nitrogens is 1. The zero-order valence-corrected chi connectivity index (χ0v) is 20.8. The maximum atomic E-state index is 13.5. The van der Waals surface area contributed by atoms with E-state index in [1.165, 1.54) is 37.3 Å². The van der Waals surface area contributed by atoms with Crippen molar-refractivity contribution in [2.24, 2.45) is 0 Å². The van der Waals surface area contributed by atoms with Gasteiger partial charge in [0.15, 0.2) is 5.54 Å². The lowest BCUT2D eigenvalue weighted by Crippen LogP contribution is -2.52. The van der Waals surface area contributed by atoms with Crippen molar-refractivity contribution in [3.8, 4) is 5.75 Å². The minimum Gasteiger partial charge on any atom is -0.496 e. The van der Waals surface area contributed by atoms with Crippen LogP contribution >= 0.6 is 0 Å². The molecule has 7 amide bonds. The van der Waals surface area contributed by atoms with Crippen LogP contribution in [0.1, 0.15) is 39.7 Å². The van der Waals surface area contributed by atoms with E-state index < -0.39 is 35.0 Å². The van der Waals surface area contributed by atoms with Crippen molar-refractivity contribution >= 4 is 47.0 Å². The van der Waals surface area contributed by atoms with Crippen LogP contribution in [0.2, 0.25) is 0 Å². The molecule has 13 nitrogen and oxygen atoms in total. The number of carbonyl (C=O) groups is 5. The number of methoxy groups -OCH3 is 1. The second-order valence-electron chi connectivity index (χ2n) is 9.66. The number of hydrogen-bond acceptors (Lipinski definition) is 8. The maximum absolute atomic E-state index is 13.5. The number of urea groups is 2. The van der Waals surface area contributed by atoms with E-state index in [0.717, 1.165) is 5.56 Å². The van der Waals surface area contributed by atoms with Crippen LogP contribution in [-0.4, -0.2) is 53.3 Å². The largest absolute Gasteiger partial charge is 0.496 e. The Morgan fingerprint density at radius 3 is 2.49 bits per heavy atom. The Morgan fingerprint density at radius 2 is 1.85 bits per heavy atom. The minimum atomic E-state index is -1.75. The van der Waals surface area contributed by atoms with Gasteiger partial charge in [0.2, 0.25) is 5.71 Å². The summed E-state index contributed by atoms with van der Waals surface area (Å²) in [6.07, 6.45) is 2.92. The number of ether oxygens (including phenoxy) is 1. The van der Waals surface area contributed by atoms with E-state index in [1.807, 2.05) is 0 Å². The van der Waals surface area contributed by atoms with Crippen molar-refractivity contribution in [3.05, 3.63) is 65.1 Å². The number of benzene rings is 1. The Morgan fingerprint density at radius 1 is 1.10 bits per heavy atom. The first-order valence-corrected chi connectivity index (χ1v) is 11.9. The van der Waals surface area contributed by atoms with Crippen LogP contribution in [-0.2, 0) is 27.2 Å². The normalized spacial score (nSPS) is 23.9. The molecule has 0 saturated carbocycles. The Labute approximate surface area is 220 Å². The molecule has 0 radical (unpaired) electrons. The lowest BCUT2D eigenvalue weighted by atomic mass is 9.92. The van der Waals surface area contributed by atoms with E-state index in [0.29, 0.717) is 27.8 Å². The lowest BCUT2D eigenvalue weighted by Gasteiger charge is -2.29. The van der Waals surface area contributed by atoms with Crippen molar-refractivity contribution in [3.63, 3.8) is 0 Å². The summed E-state index contributed by atoms with van der Waals surface area (Å²) in [5.74, 6) is -1.08. The number of nitrogens with zero attached hydrogens (tertiary/aromatic N) is 2. The molecule has 3 aliphatic heterocycles. The van der Waals surface area contributed by atoms with Gasteiger partial charge in [-0.3, -0.25) is 25.0 Å². The minimum absolute atomic E-state index is 0.0424. The molecule has 13 heteroatoms. The summed E-state index contributed by atoms with van der Waals surface area (Å²) in [7, 11) is 1.49. The number of nitrogens with one attached hydrogen (secondary N) is 4. The van der Waals surface area contributed by atoms with Crippen LogP contribution in [0, 0.1) is 0 Å². The fourth-order valence-corrected chi connectivity index (χ4v) is 5.28. The molecule has 2 fully saturated rings. The number of rotatable bonds is 6. The molecule has 1 aromatic carbocycles. The Balaban J connectivity index is 1.39. The Hall–Kier alpha value is -5.20. The predicted molar refractivity (Wildman–Crippen MR) is 134 cm³/mol. The standard InChI is InChI=1S/C26H22N6O7/c1-4-15-16(38-3)6-5-12-10-32(20(33)18(12)15)11-26(22(35)29-24(37)31-26)17-8-13-7-14(9-27-19(13)39-17)25(2)21(34)28-23(36)30-25/h4-9H,1,10-11H2,2-3H3,(H2,28,30,34,36)(H2,29,31,35,37). The number of hydrogen-bond donors (Lipinski definition) is 4. The fraction of sp³-hybridized carbons (Fsp3) is 0.231. The van der Waals surface area contributed by atoms with Crippen molar-refractivity contribution in [1.82, 2.24) is 31.2 Å². The van der Waals surface area contributed by atoms with E-state index in [9.17, 15) is 24.0 Å². The van der Waals surface area contributed by atoms with E-state index in [-0.39, 0.29) is 30.5 Å². The highest BCUT2D eigenvalue weighted by atomic mass is 16.5. The van der Waals surface area contributed by atoms with Gasteiger partial charge >= 0.3 is 12.1 Å². The zero-order valence-electron chi connectivity index (χ0n) is 20.8. The summed E-state index contributed by atoms with van der Waals surface area (Å²) in [5, 5.41) is 10.0. The second kappa shape index (κ2) is 8.15. The van der Waals surface area contributed by atoms with Gasteiger partial charge < -0.3 is 24.7 Å². The molecule has 2 atom stereocenters. The number of pyridine rings is 1. The maximum Gasteiger partial charge on any atom is 0.322 e. The molecule has 0 bridgehead atoms. The Bertz CT molecular complexity index is 1660. The second-order valence-corrected chi connectivity index (χ2v) is 9.66. The van der Waals surface area contributed by atoms with Gasteiger partial charge in [0.05, 0.1) is 19.2 Å². The van der Waals surface area contributed by atoms with Gasteiger partial charge in [0, 0.05) is 29.3 Å². The van der Waals surface area contributed by atoms with E-state index in [1.54, 1.807) is 18.2 Å². The van der Waals surface area contributed by atoms with Crippen molar-refractivity contribution < 1.29 is 33.1 Å². The average molecular weight is 530 g/mol. The smallest absolute Gasteiger partial charge is 0.322 e. The fourth-order valence-electron chi connectivity index (χ4n) is 5.28. The third kappa shape index (κ3) is 3.39. The third-order valence-electron chi connectivity index (χ3n) is 7.36. The summed E-state index contributed by atoms with van der Waals surface area (Å²) in [6, 6.07) is 5.24. The summed E-state index contributed by atoms with van der Waals surface area (Å²) in [5.41, 5.74) is -0.933.